The lowest BCUT2D eigenvalue weighted by molar-refractivity contribution is 0.539. The molecular formula is C12H14FN3O2S. The van der Waals surface area contributed by atoms with Crippen LogP contribution < -0.4 is 4.72 Å². The maximum absolute atomic E-state index is 12.8. The summed E-state index contributed by atoms with van der Waals surface area (Å²) >= 11 is 0. The molecule has 0 aliphatic rings. The summed E-state index contributed by atoms with van der Waals surface area (Å²) in [6.07, 6.45) is 3.74. The molecule has 1 unspecified atom stereocenters. The van der Waals surface area contributed by atoms with Crippen molar-refractivity contribution in [1.29, 1.82) is 0 Å². The van der Waals surface area contributed by atoms with Gasteiger partial charge in [-0.1, -0.05) is 6.92 Å². The standard InChI is InChI=1S/C12H14FN3O2S/c1-2-11(12-14-7-8-15-12)16-19(17,18)10-5-3-9(13)4-6-10/h3-8,11,16H,2H2,1H3,(H,14,15). The molecule has 0 radical (unpaired) electrons. The smallest absolute Gasteiger partial charge is 0.241 e. The number of nitrogens with zero attached hydrogens (tertiary/aromatic N) is 1. The van der Waals surface area contributed by atoms with Gasteiger partial charge in [-0.3, -0.25) is 0 Å². The molecule has 7 heteroatoms. The molecule has 2 aromatic rings. The fourth-order valence-electron chi connectivity index (χ4n) is 1.67. The number of halogens is 1. The Hall–Kier alpha value is -1.73. The number of benzene rings is 1. The van der Waals surface area contributed by atoms with Gasteiger partial charge in [0.25, 0.3) is 0 Å². The Morgan fingerprint density at radius 1 is 1.37 bits per heavy atom. The quantitative estimate of drug-likeness (QED) is 0.881. The van der Waals surface area contributed by atoms with Crippen LogP contribution in [0.25, 0.3) is 0 Å². The van der Waals surface area contributed by atoms with Crippen molar-refractivity contribution in [3.05, 3.63) is 48.3 Å². The van der Waals surface area contributed by atoms with Crippen LogP contribution in [0.5, 0.6) is 0 Å². The van der Waals surface area contributed by atoms with Crippen LogP contribution in [0.1, 0.15) is 25.2 Å². The average molecular weight is 283 g/mol. The zero-order valence-electron chi connectivity index (χ0n) is 10.3. The van der Waals surface area contributed by atoms with E-state index >= 15 is 0 Å². The third kappa shape index (κ3) is 3.18. The van der Waals surface area contributed by atoms with Gasteiger partial charge in [-0.05, 0) is 30.7 Å². The van der Waals surface area contributed by atoms with E-state index in [4.69, 9.17) is 0 Å². The molecule has 0 bridgehead atoms. The molecule has 0 spiro atoms. The molecular weight excluding hydrogens is 269 g/mol. The molecule has 0 aliphatic heterocycles. The van der Waals surface area contributed by atoms with Crippen molar-refractivity contribution in [2.24, 2.45) is 0 Å². The zero-order chi connectivity index (χ0) is 13.9. The minimum absolute atomic E-state index is 0.0268. The summed E-state index contributed by atoms with van der Waals surface area (Å²) in [7, 11) is -3.69. The number of hydrogen-bond acceptors (Lipinski definition) is 3. The molecule has 1 aromatic heterocycles. The van der Waals surface area contributed by atoms with Crippen molar-refractivity contribution in [1.82, 2.24) is 14.7 Å². The van der Waals surface area contributed by atoms with Crippen LogP contribution in [0.3, 0.4) is 0 Å². The maximum Gasteiger partial charge on any atom is 0.241 e. The number of sulfonamides is 1. The number of rotatable bonds is 5. The summed E-state index contributed by atoms with van der Waals surface area (Å²) in [4.78, 5) is 6.94. The van der Waals surface area contributed by atoms with Gasteiger partial charge < -0.3 is 4.98 Å². The van der Waals surface area contributed by atoms with Gasteiger partial charge in [0.05, 0.1) is 10.9 Å². The highest BCUT2D eigenvalue weighted by atomic mass is 32.2. The molecule has 0 amide bonds. The molecule has 0 aliphatic carbocycles. The lowest BCUT2D eigenvalue weighted by Crippen LogP contribution is -2.29. The number of aromatic nitrogens is 2. The van der Waals surface area contributed by atoms with Crippen molar-refractivity contribution < 1.29 is 12.8 Å². The molecule has 1 aromatic carbocycles. The lowest BCUT2D eigenvalue weighted by atomic mass is 10.2. The molecule has 1 heterocycles. The van der Waals surface area contributed by atoms with Gasteiger partial charge in [0.2, 0.25) is 10.0 Å². The van der Waals surface area contributed by atoms with Crippen LogP contribution in [0, 0.1) is 5.82 Å². The van der Waals surface area contributed by atoms with Crippen LogP contribution in [-0.4, -0.2) is 18.4 Å². The first-order chi connectivity index (χ1) is 9.03. The van der Waals surface area contributed by atoms with Gasteiger partial charge in [-0.15, -0.1) is 0 Å². The van der Waals surface area contributed by atoms with Crippen LogP contribution in [-0.2, 0) is 10.0 Å². The van der Waals surface area contributed by atoms with E-state index in [1.54, 1.807) is 12.4 Å². The Bertz CT molecular complexity index is 624. The van der Waals surface area contributed by atoms with Gasteiger partial charge in [0, 0.05) is 12.4 Å². The van der Waals surface area contributed by atoms with Crippen LogP contribution in [0.2, 0.25) is 0 Å². The second-order valence-corrected chi connectivity index (χ2v) is 5.72. The summed E-state index contributed by atoms with van der Waals surface area (Å²) in [6.45, 7) is 1.85. The average Bonchev–Trinajstić information content (AvgIpc) is 2.90. The Balaban J connectivity index is 2.23. The summed E-state index contributed by atoms with van der Waals surface area (Å²) in [5, 5.41) is 0. The number of hydrogen-bond donors (Lipinski definition) is 2. The van der Waals surface area contributed by atoms with E-state index in [9.17, 15) is 12.8 Å². The molecule has 0 saturated carbocycles. The van der Waals surface area contributed by atoms with Crippen molar-refractivity contribution in [3.63, 3.8) is 0 Å². The van der Waals surface area contributed by atoms with E-state index in [-0.39, 0.29) is 4.90 Å². The monoisotopic (exact) mass is 283 g/mol. The molecule has 2 N–H and O–H groups in total. The summed E-state index contributed by atoms with van der Waals surface area (Å²) in [6, 6.07) is 4.24. The Kier molecular flexibility index (Phi) is 3.96. The number of nitrogens with one attached hydrogen (secondary N) is 2. The third-order valence-corrected chi connectivity index (χ3v) is 4.17. The first-order valence-corrected chi connectivity index (χ1v) is 7.28. The van der Waals surface area contributed by atoms with Crippen LogP contribution in [0.4, 0.5) is 4.39 Å². The molecule has 1 atom stereocenters. The Morgan fingerprint density at radius 3 is 2.58 bits per heavy atom. The normalized spacial score (nSPS) is 13.4. The number of aromatic amines is 1. The Labute approximate surface area is 110 Å². The SMILES string of the molecule is CCC(NS(=O)(=O)c1ccc(F)cc1)c1ncc[nH]1. The highest BCUT2D eigenvalue weighted by molar-refractivity contribution is 7.89. The molecule has 2 rings (SSSR count). The largest absolute Gasteiger partial charge is 0.347 e. The molecule has 5 nitrogen and oxygen atoms in total. The predicted octanol–water partition coefficient (Wildman–Crippen LogP) is 1.98. The van der Waals surface area contributed by atoms with Crippen molar-refractivity contribution >= 4 is 10.0 Å². The second-order valence-electron chi connectivity index (χ2n) is 4.01. The van der Waals surface area contributed by atoms with Gasteiger partial charge in [-0.2, -0.15) is 0 Å². The molecule has 0 fully saturated rings. The maximum atomic E-state index is 12.8. The fraction of sp³-hybridized carbons (Fsp3) is 0.250. The predicted molar refractivity (Wildman–Crippen MR) is 68.3 cm³/mol. The minimum atomic E-state index is -3.69. The second kappa shape index (κ2) is 5.50. The first kappa shape index (κ1) is 13.7. The highest BCUT2D eigenvalue weighted by Crippen LogP contribution is 2.17. The Morgan fingerprint density at radius 2 is 2.05 bits per heavy atom. The van der Waals surface area contributed by atoms with Gasteiger partial charge in [0.1, 0.15) is 11.6 Å². The summed E-state index contributed by atoms with van der Waals surface area (Å²) < 4.78 is 39.6. The minimum Gasteiger partial charge on any atom is -0.347 e. The van der Waals surface area contributed by atoms with Crippen LogP contribution >= 0.6 is 0 Å². The molecule has 0 saturated heterocycles. The van der Waals surface area contributed by atoms with Gasteiger partial charge in [-0.25, -0.2) is 22.5 Å². The molecule has 102 valence electrons. The van der Waals surface area contributed by atoms with E-state index in [2.05, 4.69) is 14.7 Å². The zero-order valence-corrected chi connectivity index (χ0v) is 11.1. The van der Waals surface area contributed by atoms with Crippen molar-refractivity contribution in [3.8, 4) is 0 Å². The third-order valence-electron chi connectivity index (χ3n) is 2.68. The first-order valence-electron chi connectivity index (χ1n) is 5.80. The fourth-order valence-corrected chi connectivity index (χ4v) is 2.95. The van der Waals surface area contributed by atoms with E-state index in [1.807, 2.05) is 6.92 Å². The van der Waals surface area contributed by atoms with E-state index in [0.717, 1.165) is 12.1 Å². The number of imidazole rings is 1. The molecule has 19 heavy (non-hydrogen) atoms. The van der Waals surface area contributed by atoms with Gasteiger partial charge in [0.15, 0.2) is 0 Å². The van der Waals surface area contributed by atoms with Crippen LogP contribution in [0.15, 0.2) is 41.6 Å². The number of H-pyrrole nitrogens is 1. The van der Waals surface area contributed by atoms with Crippen molar-refractivity contribution in [2.75, 3.05) is 0 Å². The highest BCUT2D eigenvalue weighted by Gasteiger charge is 2.21. The lowest BCUT2D eigenvalue weighted by Gasteiger charge is -2.14. The van der Waals surface area contributed by atoms with E-state index in [1.165, 1.54) is 12.1 Å². The van der Waals surface area contributed by atoms with Gasteiger partial charge >= 0.3 is 0 Å². The van der Waals surface area contributed by atoms with Crippen molar-refractivity contribution in [2.45, 2.75) is 24.3 Å². The summed E-state index contributed by atoms with van der Waals surface area (Å²) in [5.41, 5.74) is 0. The summed E-state index contributed by atoms with van der Waals surface area (Å²) in [5.74, 6) is 0.0743. The van der Waals surface area contributed by atoms with E-state index < -0.39 is 21.9 Å². The topological polar surface area (TPSA) is 74.8 Å². The van der Waals surface area contributed by atoms with E-state index in [0.29, 0.717) is 12.2 Å².